The Hall–Kier alpha value is -3.03. The van der Waals surface area contributed by atoms with E-state index in [9.17, 15) is 13.2 Å². The van der Waals surface area contributed by atoms with E-state index < -0.39 is 10.0 Å². The summed E-state index contributed by atoms with van der Waals surface area (Å²) in [7, 11) is -3.80. The molecule has 0 aromatic heterocycles. The van der Waals surface area contributed by atoms with Crippen molar-refractivity contribution in [3.8, 4) is 5.75 Å². The lowest BCUT2D eigenvalue weighted by atomic mass is 10.1. The third-order valence-electron chi connectivity index (χ3n) is 4.28. The average molecular weight is 445 g/mol. The van der Waals surface area contributed by atoms with Crippen LogP contribution >= 0.6 is 11.6 Å². The highest BCUT2D eigenvalue weighted by atomic mass is 35.5. The summed E-state index contributed by atoms with van der Waals surface area (Å²) in [5.74, 6) is -0.0947. The van der Waals surface area contributed by atoms with Gasteiger partial charge in [0.05, 0.1) is 16.0 Å². The molecule has 0 fully saturated rings. The van der Waals surface area contributed by atoms with Crippen LogP contribution in [0.1, 0.15) is 18.5 Å². The lowest BCUT2D eigenvalue weighted by molar-refractivity contribution is -0.123. The molecule has 8 heteroatoms. The fraction of sp³-hybridized carbons (Fsp3) is 0.136. The van der Waals surface area contributed by atoms with Crippen molar-refractivity contribution in [1.29, 1.82) is 0 Å². The van der Waals surface area contributed by atoms with E-state index in [4.69, 9.17) is 16.3 Å². The van der Waals surface area contributed by atoms with Crippen molar-refractivity contribution in [3.63, 3.8) is 0 Å². The van der Waals surface area contributed by atoms with Gasteiger partial charge in [-0.2, -0.15) is 0 Å². The predicted molar refractivity (Wildman–Crippen MR) is 117 cm³/mol. The monoisotopic (exact) mass is 444 g/mol. The lowest BCUT2D eigenvalue weighted by Gasteiger charge is -2.15. The Morgan fingerprint density at radius 2 is 1.63 bits per heavy atom. The SMILES string of the molecule is C[C@H](NC(=O)COc1ccc(S(=O)(=O)Nc2ccccc2)cc1Cl)c1ccccc1. The summed E-state index contributed by atoms with van der Waals surface area (Å²) in [6.45, 7) is 1.63. The lowest BCUT2D eigenvalue weighted by Crippen LogP contribution is -2.31. The normalized spacial score (nSPS) is 12.1. The molecule has 0 aliphatic rings. The molecule has 30 heavy (non-hydrogen) atoms. The second-order valence-corrected chi connectivity index (χ2v) is 8.64. The molecule has 156 valence electrons. The maximum absolute atomic E-state index is 12.5. The zero-order valence-electron chi connectivity index (χ0n) is 16.2. The first-order chi connectivity index (χ1) is 14.3. The number of ether oxygens (including phenoxy) is 1. The summed E-state index contributed by atoms with van der Waals surface area (Å²) in [6, 6.07) is 22.0. The molecule has 0 heterocycles. The second kappa shape index (κ2) is 9.65. The second-order valence-electron chi connectivity index (χ2n) is 6.55. The maximum Gasteiger partial charge on any atom is 0.261 e. The molecule has 2 N–H and O–H groups in total. The van der Waals surface area contributed by atoms with E-state index in [2.05, 4.69) is 10.0 Å². The van der Waals surface area contributed by atoms with Gasteiger partial charge in [-0.3, -0.25) is 9.52 Å². The van der Waals surface area contributed by atoms with Crippen LogP contribution in [-0.2, 0) is 14.8 Å². The van der Waals surface area contributed by atoms with Gasteiger partial charge in [-0.25, -0.2) is 8.42 Å². The topological polar surface area (TPSA) is 84.5 Å². The van der Waals surface area contributed by atoms with Gasteiger partial charge in [0.1, 0.15) is 5.75 Å². The van der Waals surface area contributed by atoms with Gasteiger partial charge >= 0.3 is 0 Å². The number of carbonyl (C=O) groups excluding carboxylic acids is 1. The maximum atomic E-state index is 12.5. The number of hydrogen-bond acceptors (Lipinski definition) is 4. The Bertz CT molecular complexity index is 1110. The molecule has 1 atom stereocenters. The van der Waals surface area contributed by atoms with Gasteiger partial charge in [0.15, 0.2) is 6.61 Å². The molecule has 0 spiro atoms. The fourth-order valence-electron chi connectivity index (χ4n) is 2.74. The molecule has 0 saturated heterocycles. The van der Waals surface area contributed by atoms with Gasteiger partial charge in [-0.05, 0) is 42.8 Å². The molecule has 0 unspecified atom stereocenters. The molecular formula is C22H21ClN2O4S. The number of carbonyl (C=O) groups is 1. The predicted octanol–water partition coefficient (Wildman–Crippen LogP) is 4.40. The molecule has 0 aliphatic heterocycles. The summed E-state index contributed by atoms with van der Waals surface area (Å²) in [4.78, 5) is 12.1. The van der Waals surface area contributed by atoms with Gasteiger partial charge in [0.2, 0.25) is 0 Å². The van der Waals surface area contributed by atoms with Gasteiger partial charge in [0.25, 0.3) is 15.9 Å². The molecule has 6 nitrogen and oxygen atoms in total. The van der Waals surface area contributed by atoms with Crippen LogP contribution in [0.5, 0.6) is 5.75 Å². The largest absolute Gasteiger partial charge is 0.482 e. The molecular weight excluding hydrogens is 424 g/mol. The Kier molecular flexibility index (Phi) is 6.97. The number of halogens is 1. The first-order valence-electron chi connectivity index (χ1n) is 9.20. The highest BCUT2D eigenvalue weighted by Crippen LogP contribution is 2.28. The van der Waals surface area contributed by atoms with Crippen molar-refractivity contribution in [2.45, 2.75) is 17.9 Å². The minimum atomic E-state index is -3.80. The van der Waals surface area contributed by atoms with Gasteiger partial charge in [-0.15, -0.1) is 0 Å². The van der Waals surface area contributed by atoms with E-state index >= 15 is 0 Å². The Morgan fingerprint density at radius 3 is 2.27 bits per heavy atom. The zero-order valence-corrected chi connectivity index (χ0v) is 17.8. The number of rotatable bonds is 8. The van der Waals surface area contributed by atoms with Crippen molar-refractivity contribution in [2.75, 3.05) is 11.3 Å². The quantitative estimate of drug-likeness (QED) is 0.539. The number of hydrogen-bond donors (Lipinski definition) is 2. The van der Waals surface area contributed by atoms with Crippen LogP contribution in [0.2, 0.25) is 5.02 Å². The van der Waals surface area contributed by atoms with Crippen LogP contribution in [0, 0.1) is 0 Å². The van der Waals surface area contributed by atoms with E-state index in [1.54, 1.807) is 30.3 Å². The van der Waals surface area contributed by atoms with Gasteiger partial charge < -0.3 is 10.1 Å². The van der Waals surface area contributed by atoms with Crippen LogP contribution in [0.25, 0.3) is 0 Å². The minimum Gasteiger partial charge on any atom is -0.482 e. The molecule has 0 bridgehead atoms. The van der Waals surface area contributed by atoms with Crippen LogP contribution in [0.4, 0.5) is 5.69 Å². The highest BCUT2D eigenvalue weighted by Gasteiger charge is 2.17. The summed E-state index contributed by atoms with van der Waals surface area (Å²) >= 11 is 6.17. The number of amides is 1. The molecule has 1 amide bonds. The number of nitrogens with one attached hydrogen (secondary N) is 2. The first kappa shape index (κ1) is 21.7. The summed E-state index contributed by atoms with van der Waals surface area (Å²) in [6.07, 6.45) is 0. The minimum absolute atomic E-state index is 0.00847. The highest BCUT2D eigenvalue weighted by molar-refractivity contribution is 7.92. The Balaban J connectivity index is 1.60. The van der Waals surface area contributed by atoms with E-state index in [1.807, 2.05) is 37.3 Å². The van der Waals surface area contributed by atoms with E-state index in [-0.39, 0.29) is 34.2 Å². The average Bonchev–Trinajstić information content (AvgIpc) is 2.74. The van der Waals surface area contributed by atoms with Crippen molar-refractivity contribution < 1.29 is 17.9 Å². The van der Waals surface area contributed by atoms with Crippen molar-refractivity contribution in [3.05, 3.63) is 89.4 Å². The molecule has 3 aromatic rings. The van der Waals surface area contributed by atoms with Gasteiger partial charge in [0, 0.05) is 5.69 Å². The van der Waals surface area contributed by atoms with Crippen molar-refractivity contribution in [1.82, 2.24) is 5.32 Å². The van der Waals surface area contributed by atoms with Crippen LogP contribution < -0.4 is 14.8 Å². The Morgan fingerprint density at radius 1 is 1.00 bits per heavy atom. The van der Waals surface area contributed by atoms with Crippen molar-refractivity contribution in [2.24, 2.45) is 0 Å². The van der Waals surface area contributed by atoms with Crippen LogP contribution in [0.15, 0.2) is 83.8 Å². The summed E-state index contributed by atoms with van der Waals surface area (Å²) < 4.78 is 33.0. The first-order valence-corrected chi connectivity index (χ1v) is 11.1. The summed E-state index contributed by atoms with van der Waals surface area (Å²) in [5, 5.41) is 2.93. The molecule has 3 aromatic carbocycles. The van der Waals surface area contributed by atoms with Crippen LogP contribution in [-0.4, -0.2) is 20.9 Å². The zero-order chi connectivity index (χ0) is 21.6. The molecule has 0 saturated carbocycles. The third kappa shape index (κ3) is 5.75. The molecule has 0 radical (unpaired) electrons. The number of anilines is 1. The smallest absolute Gasteiger partial charge is 0.261 e. The number of benzene rings is 3. The van der Waals surface area contributed by atoms with E-state index in [1.165, 1.54) is 18.2 Å². The number of para-hydroxylation sites is 1. The molecule has 0 aliphatic carbocycles. The fourth-order valence-corrected chi connectivity index (χ4v) is 4.12. The number of sulfonamides is 1. The van der Waals surface area contributed by atoms with Crippen molar-refractivity contribution >= 4 is 33.2 Å². The van der Waals surface area contributed by atoms with Crippen LogP contribution in [0.3, 0.4) is 0 Å². The van der Waals surface area contributed by atoms with E-state index in [0.717, 1.165) is 5.56 Å². The van der Waals surface area contributed by atoms with Gasteiger partial charge in [-0.1, -0.05) is 60.1 Å². The Labute approximate surface area is 180 Å². The third-order valence-corrected chi connectivity index (χ3v) is 5.95. The van der Waals surface area contributed by atoms with E-state index in [0.29, 0.717) is 5.69 Å². The molecule has 3 rings (SSSR count). The standard InChI is InChI=1S/C22H21ClN2O4S/c1-16(17-8-4-2-5-9-17)24-22(26)15-29-21-13-12-19(14-20(21)23)30(27,28)25-18-10-6-3-7-11-18/h2-14,16,25H,15H2,1H3,(H,24,26)/t16-/m0/s1. The summed E-state index contributed by atoms with van der Waals surface area (Å²) in [5.41, 5.74) is 1.42.